The predicted molar refractivity (Wildman–Crippen MR) is 73.8 cm³/mol. The molecule has 2 unspecified atom stereocenters. The highest BCUT2D eigenvalue weighted by Gasteiger charge is 2.39. The summed E-state index contributed by atoms with van der Waals surface area (Å²) >= 11 is 0. The topological polar surface area (TPSA) is 58.6 Å². The van der Waals surface area contributed by atoms with Crippen LogP contribution >= 0.6 is 0 Å². The number of ether oxygens (including phenoxy) is 1. The molecule has 0 aromatic heterocycles. The first-order valence-electron chi connectivity index (χ1n) is 7.66. The van der Waals surface area contributed by atoms with E-state index in [0.717, 1.165) is 32.1 Å². The van der Waals surface area contributed by atoms with Crippen LogP contribution in [0.2, 0.25) is 0 Å². The smallest absolute Gasteiger partial charge is 0.246 e. The molecular weight excluding hydrogens is 242 g/mol. The Labute approximate surface area is 115 Å². The van der Waals surface area contributed by atoms with Crippen LogP contribution in [0.1, 0.15) is 58.3 Å². The molecule has 2 aliphatic rings. The van der Waals surface area contributed by atoms with E-state index in [4.69, 9.17) is 4.74 Å². The van der Waals surface area contributed by atoms with Gasteiger partial charge in [0.1, 0.15) is 6.61 Å². The minimum Gasteiger partial charge on any atom is -0.396 e. The highest BCUT2D eigenvalue weighted by Crippen LogP contribution is 2.37. The van der Waals surface area contributed by atoms with Crippen LogP contribution in [0.25, 0.3) is 0 Å². The summed E-state index contributed by atoms with van der Waals surface area (Å²) in [6.45, 7) is 2.36. The lowest BCUT2D eigenvalue weighted by Gasteiger charge is -2.30. The summed E-state index contributed by atoms with van der Waals surface area (Å²) in [5, 5.41) is 12.5. The lowest BCUT2D eigenvalue weighted by molar-refractivity contribution is -0.130. The fourth-order valence-electron chi connectivity index (χ4n) is 3.33. The number of hydrogen-bond donors (Lipinski definition) is 2. The van der Waals surface area contributed by atoms with E-state index >= 15 is 0 Å². The van der Waals surface area contributed by atoms with E-state index in [1.807, 2.05) is 6.92 Å². The Kier molecular flexibility index (Phi) is 5.22. The van der Waals surface area contributed by atoms with Crippen molar-refractivity contribution in [1.29, 1.82) is 0 Å². The number of rotatable bonds is 5. The SMILES string of the molecule is CC1(CO)CCCC1NC(=O)COC1CCCCC1. The molecule has 0 heterocycles. The highest BCUT2D eigenvalue weighted by atomic mass is 16.5. The lowest BCUT2D eigenvalue weighted by Crippen LogP contribution is -2.46. The van der Waals surface area contributed by atoms with Crippen LogP contribution in [0.5, 0.6) is 0 Å². The van der Waals surface area contributed by atoms with Crippen LogP contribution in [0, 0.1) is 5.41 Å². The van der Waals surface area contributed by atoms with Gasteiger partial charge in [0.05, 0.1) is 12.7 Å². The van der Waals surface area contributed by atoms with Crippen LogP contribution in [-0.2, 0) is 9.53 Å². The number of carbonyl (C=O) groups excluding carboxylic acids is 1. The molecule has 4 heteroatoms. The predicted octanol–water partition coefficient (Wildman–Crippen LogP) is 2.00. The molecule has 2 N–H and O–H groups in total. The zero-order valence-corrected chi connectivity index (χ0v) is 12.0. The number of amides is 1. The van der Waals surface area contributed by atoms with Crippen molar-refractivity contribution >= 4 is 5.91 Å². The highest BCUT2D eigenvalue weighted by molar-refractivity contribution is 5.77. The van der Waals surface area contributed by atoms with Crippen molar-refractivity contribution < 1.29 is 14.6 Å². The average molecular weight is 269 g/mol. The normalized spacial score (nSPS) is 32.4. The lowest BCUT2D eigenvalue weighted by atomic mass is 9.86. The molecule has 0 aromatic carbocycles. The second kappa shape index (κ2) is 6.71. The van der Waals surface area contributed by atoms with Gasteiger partial charge in [-0.2, -0.15) is 0 Å². The Morgan fingerprint density at radius 3 is 2.68 bits per heavy atom. The molecule has 0 radical (unpaired) electrons. The third-order valence-electron chi connectivity index (χ3n) is 4.78. The van der Waals surface area contributed by atoms with E-state index in [9.17, 15) is 9.90 Å². The molecule has 1 amide bonds. The largest absolute Gasteiger partial charge is 0.396 e. The quantitative estimate of drug-likeness (QED) is 0.802. The van der Waals surface area contributed by atoms with E-state index in [1.165, 1.54) is 19.3 Å². The summed E-state index contributed by atoms with van der Waals surface area (Å²) in [6, 6.07) is 0.0972. The van der Waals surface area contributed by atoms with E-state index in [0.29, 0.717) is 0 Å². The molecule has 2 aliphatic carbocycles. The molecule has 0 saturated heterocycles. The van der Waals surface area contributed by atoms with Gasteiger partial charge in [0.15, 0.2) is 0 Å². The molecule has 2 fully saturated rings. The third kappa shape index (κ3) is 3.93. The first-order chi connectivity index (χ1) is 9.14. The number of aliphatic hydroxyl groups excluding tert-OH is 1. The maximum Gasteiger partial charge on any atom is 0.246 e. The molecule has 2 rings (SSSR count). The molecule has 0 bridgehead atoms. The summed E-state index contributed by atoms with van der Waals surface area (Å²) in [5.74, 6) is -0.0304. The van der Waals surface area contributed by atoms with Crippen LogP contribution < -0.4 is 5.32 Å². The van der Waals surface area contributed by atoms with Gasteiger partial charge in [0.25, 0.3) is 0 Å². The van der Waals surface area contributed by atoms with Gasteiger partial charge in [0.2, 0.25) is 5.91 Å². The monoisotopic (exact) mass is 269 g/mol. The fraction of sp³-hybridized carbons (Fsp3) is 0.933. The molecule has 110 valence electrons. The molecule has 4 nitrogen and oxygen atoms in total. The van der Waals surface area contributed by atoms with Crippen LogP contribution in [0.4, 0.5) is 0 Å². The van der Waals surface area contributed by atoms with Crippen molar-refractivity contribution in [2.24, 2.45) is 5.41 Å². The third-order valence-corrected chi connectivity index (χ3v) is 4.78. The summed E-state index contributed by atoms with van der Waals surface area (Å²) in [7, 11) is 0. The summed E-state index contributed by atoms with van der Waals surface area (Å²) < 4.78 is 5.68. The average Bonchev–Trinajstić information content (AvgIpc) is 2.80. The van der Waals surface area contributed by atoms with Crippen molar-refractivity contribution in [2.75, 3.05) is 13.2 Å². The number of nitrogens with one attached hydrogen (secondary N) is 1. The van der Waals surface area contributed by atoms with Crippen LogP contribution in [-0.4, -0.2) is 36.4 Å². The van der Waals surface area contributed by atoms with Gasteiger partial charge in [0, 0.05) is 11.5 Å². The first kappa shape index (κ1) is 14.8. The first-order valence-corrected chi connectivity index (χ1v) is 7.66. The van der Waals surface area contributed by atoms with Crippen molar-refractivity contribution in [3.05, 3.63) is 0 Å². The van der Waals surface area contributed by atoms with Gasteiger partial charge >= 0.3 is 0 Å². The van der Waals surface area contributed by atoms with Gasteiger partial charge in [-0.3, -0.25) is 4.79 Å². The summed E-state index contributed by atoms with van der Waals surface area (Å²) in [6.07, 6.45) is 9.20. The number of hydrogen-bond acceptors (Lipinski definition) is 3. The van der Waals surface area contributed by atoms with Crippen LogP contribution in [0.3, 0.4) is 0 Å². The zero-order valence-electron chi connectivity index (χ0n) is 12.0. The van der Waals surface area contributed by atoms with E-state index in [-0.39, 0.29) is 36.7 Å². The standard InChI is InChI=1S/C15H27NO3/c1-15(11-17)9-5-8-13(15)16-14(18)10-19-12-6-3-2-4-7-12/h12-13,17H,2-11H2,1H3,(H,16,18). The van der Waals surface area contributed by atoms with Gasteiger partial charge in [-0.15, -0.1) is 0 Å². The van der Waals surface area contributed by atoms with Gasteiger partial charge in [-0.1, -0.05) is 32.6 Å². The van der Waals surface area contributed by atoms with Gasteiger partial charge in [-0.05, 0) is 25.7 Å². The molecule has 0 spiro atoms. The minimum absolute atomic E-state index is 0.0304. The second-order valence-electron chi connectivity index (χ2n) is 6.40. The van der Waals surface area contributed by atoms with Crippen molar-refractivity contribution in [3.8, 4) is 0 Å². The van der Waals surface area contributed by atoms with Gasteiger partial charge in [-0.25, -0.2) is 0 Å². The molecule has 19 heavy (non-hydrogen) atoms. The Hall–Kier alpha value is -0.610. The Morgan fingerprint density at radius 2 is 2.00 bits per heavy atom. The van der Waals surface area contributed by atoms with Crippen molar-refractivity contribution in [3.63, 3.8) is 0 Å². The van der Waals surface area contributed by atoms with Crippen molar-refractivity contribution in [1.82, 2.24) is 5.32 Å². The minimum atomic E-state index is -0.152. The number of aliphatic hydroxyl groups is 1. The molecule has 2 saturated carbocycles. The maximum absolute atomic E-state index is 11.9. The fourth-order valence-corrected chi connectivity index (χ4v) is 3.33. The molecule has 0 aromatic rings. The van der Waals surface area contributed by atoms with E-state index in [1.54, 1.807) is 0 Å². The second-order valence-corrected chi connectivity index (χ2v) is 6.40. The Balaban J connectivity index is 1.71. The Morgan fingerprint density at radius 1 is 1.26 bits per heavy atom. The molecular formula is C15H27NO3. The molecule has 0 aliphatic heterocycles. The van der Waals surface area contributed by atoms with Crippen molar-refractivity contribution in [2.45, 2.75) is 70.4 Å². The zero-order chi connectivity index (χ0) is 13.7. The van der Waals surface area contributed by atoms with E-state index in [2.05, 4.69) is 5.32 Å². The molecule has 2 atom stereocenters. The summed E-state index contributed by atoms with van der Waals surface area (Å²) in [5.41, 5.74) is -0.152. The van der Waals surface area contributed by atoms with E-state index < -0.39 is 0 Å². The van der Waals surface area contributed by atoms with Crippen LogP contribution in [0.15, 0.2) is 0 Å². The maximum atomic E-state index is 11.9. The number of carbonyl (C=O) groups is 1. The Bertz CT molecular complexity index is 302. The van der Waals surface area contributed by atoms with Gasteiger partial charge < -0.3 is 15.2 Å². The summed E-state index contributed by atoms with van der Waals surface area (Å²) in [4.78, 5) is 11.9.